The topological polar surface area (TPSA) is 118 Å². The van der Waals surface area contributed by atoms with Crippen LogP contribution >= 0.6 is 0 Å². The second kappa shape index (κ2) is 10.1. The molecule has 5 aromatic rings. The van der Waals surface area contributed by atoms with Crippen molar-refractivity contribution in [2.45, 2.75) is 31.7 Å². The Morgan fingerprint density at radius 3 is 2.70 bits per heavy atom. The van der Waals surface area contributed by atoms with Gasteiger partial charge in [0.15, 0.2) is 23.8 Å². The molecule has 0 spiro atoms. The van der Waals surface area contributed by atoms with Crippen molar-refractivity contribution in [2.75, 3.05) is 11.9 Å². The Hall–Kier alpha value is -4.66. The third kappa shape index (κ3) is 5.16. The van der Waals surface area contributed by atoms with E-state index in [1.165, 1.54) is 12.8 Å². The zero-order valence-corrected chi connectivity index (χ0v) is 20.1. The summed E-state index contributed by atoms with van der Waals surface area (Å²) < 4.78 is 11.4. The van der Waals surface area contributed by atoms with Gasteiger partial charge in [-0.2, -0.15) is 5.10 Å². The van der Waals surface area contributed by atoms with Gasteiger partial charge in [-0.3, -0.25) is 9.89 Å². The summed E-state index contributed by atoms with van der Waals surface area (Å²) in [6, 6.07) is 17.5. The van der Waals surface area contributed by atoms with E-state index in [0.717, 1.165) is 35.2 Å². The van der Waals surface area contributed by atoms with Gasteiger partial charge in [0.25, 0.3) is 5.91 Å². The van der Waals surface area contributed by atoms with Gasteiger partial charge in [-0.25, -0.2) is 9.97 Å². The van der Waals surface area contributed by atoms with E-state index >= 15 is 0 Å². The zero-order chi connectivity index (χ0) is 25.0. The van der Waals surface area contributed by atoms with Gasteiger partial charge in [-0.15, -0.1) is 0 Å². The van der Waals surface area contributed by atoms with Crippen LogP contribution < -0.4 is 15.4 Å². The van der Waals surface area contributed by atoms with E-state index in [4.69, 9.17) is 14.1 Å². The van der Waals surface area contributed by atoms with E-state index in [0.29, 0.717) is 28.5 Å². The van der Waals surface area contributed by atoms with Crippen molar-refractivity contribution in [1.82, 2.24) is 25.5 Å². The lowest BCUT2D eigenvalue weighted by molar-refractivity contribution is -0.123. The number of aromatic nitrogens is 4. The Balaban J connectivity index is 1.20. The number of hydrogen-bond acceptors (Lipinski definition) is 7. The van der Waals surface area contributed by atoms with Gasteiger partial charge in [-0.05, 0) is 42.7 Å². The monoisotopic (exact) mass is 494 g/mol. The number of anilines is 2. The number of aromatic amines is 1. The molecule has 0 atom stereocenters. The predicted molar refractivity (Wildman–Crippen MR) is 140 cm³/mol. The quantitative estimate of drug-likeness (QED) is 0.262. The maximum absolute atomic E-state index is 12.3. The van der Waals surface area contributed by atoms with E-state index in [9.17, 15) is 4.79 Å². The number of furan rings is 1. The van der Waals surface area contributed by atoms with Crippen LogP contribution in [0.4, 0.5) is 11.5 Å². The molecule has 1 aliphatic rings. The van der Waals surface area contributed by atoms with Crippen LogP contribution in [0.25, 0.3) is 33.6 Å². The molecule has 9 heteroatoms. The van der Waals surface area contributed by atoms with Crippen LogP contribution in [0.15, 0.2) is 77.7 Å². The first-order valence-electron chi connectivity index (χ1n) is 12.4. The van der Waals surface area contributed by atoms with E-state index in [1.807, 2.05) is 54.7 Å². The second-order valence-corrected chi connectivity index (χ2v) is 9.09. The Morgan fingerprint density at radius 2 is 1.89 bits per heavy atom. The Kier molecular flexibility index (Phi) is 6.24. The summed E-state index contributed by atoms with van der Waals surface area (Å²) in [4.78, 5) is 21.7. The second-order valence-electron chi connectivity index (χ2n) is 9.09. The van der Waals surface area contributed by atoms with Gasteiger partial charge < -0.3 is 19.8 Å². The molecule has 2 aromatic carbocycles. The molecule has 1 aliphatic carbocycles. The van der Waals surface area contributed by atoms with Crippen molar-refractivity contribution in [3.63, 3.8) is 0 Å². The molecule has 0 aliphatic heterocycles. The minimum Gasteiger partial charge on any atom is -0.484 e. The third-order valence-electron chi connectivity index (χ3n) is 6.47. The minimum absolute atomic E-state index is 0.0246. The molecule has 3 heterocycles. The molecular formula is C28H26N6O3. The molecule has 3 aromatic heterocycles. The summed E-state index contributed by atoms with van der Waals surface area (Å²) in [5, 5.41) is 13.2. The van der Waals surface area contributed by atoms with Gasteiger partial charge >= 0.3 is 0 Å². The maximum atomic E-state index is 12.3. The fourth-order valence-corrected chi connectivity index (χ4v) is 4.58. The molecule has 186 valence electrons. The normalized spacial score (nSPS) is 13.6. The molecule has 0 unspecified atom stereocenters. The summed E-state index contributed by atoms with van der Waals surface area (Å²) in [6.07, 6.45) is 9.65. The summed E-state index contributed by atoms with van der Waals surface area (Å²) in [7, 11) is 0. The van der Waals surface area contributed by atoms with Crippen LogP contribution in [0.3, 0.4) is 0 Å². The molecule has 1 saturated carbocycles. The third-order valence-corrected chi connectivity index (χ3v) is 6.47. The number of hydrogen-bond donors (Lipinski definition) is 3. The van der Waals surface area contributed by atoms with E-state index < -0.39 is 0 Å². The number of ether oxygens (including phenoxy) is 1. The minimum atomic E-state index is -0.0985. The smallest absolute Gasteiger partial charge is 0.258 e. The zero-order valence-electron chi connectivity index (χ0n) is 20.1. The fraction of sp³-hybridized carbons (Fsp3) is 0.214. The molecule has 6 rings (SSSR count). The van der Waals surface area contributed by atoms with Gasteiger partial charge in [-0.1, -0.05) is 37.1 Å². The molecule has 1 amide bonds. The standard InChI is InChI=1S/C28H26N6O3/c35-25(31-21-5-1-2-6-21)17-37-23-7-3-4-19(14-23)27-33-24-12-13-36-26(24)28(34-27)32-22-10-8-18(9-11-22)20-15-29-30-16-20/h3-4,7-16,21H,1-2,5-6,17H2,(H,29,30)(H,31,35)(H,32,33,34). The van der Waals surface area contributed by atoms with Crippen molar-refractivity contribution < 1.29 is 13.9 Å². The lowest BCUT2D eigenvalue weighted by Crippen LogP contribution is -2.36. The van der Waals surface area contributed by atoms with Crippen molar-refractivity contribution >= 4 is 28.5 Å². The summed E-state index contributed by atoms with van der Waals surface area (Å²) in [5.74, 6) is 1.56. The van der Waals surface area contributed by atoms with E-state index in [2.05, 4.69) is 25.8 Å². The highest BCUT2D eigenvalue weighted by Crippen LogP contribution is 2.30. The SMILES string of the molecule is O=C(COc1cccc(-c2nc(Nc3ccc(-c4cn[nH]c4)cc3)c3occc3n2)c1)NC1CCCC1. The van der Waals surface area contributed by atoms with Crippen LogP contribution in [0.2, 0.25) is 0 Å². The number of benzene rings is 2. The van der Waals surface area contributed by atoms with Crippen molar-refractivity contribution in [2.24, 2.45) is 0 Å². The van der Waals surface area contributed by atoms with Gasteiger partial charge in [0.1, 0.15) is 11.3 Å². The van der Waals surface area contributed by atoms with E-state index in [-0.39, 0.29) is 18.6 Å². The summed E-state index contributed by atoms with van der Waals surface area (Å²) >= 11 is 0. The molecule has 0 radical (unpaired) electrons. The fourth-order valence-electron chi connectivity index (χ4n) is 4.58. The molecule has 1 fully saturated rings. The van der Waals surface area contributed by atoms with Gasteiger partial charge in [0.05, 0.1) is 12.5 Å². The van der Waals surface area contributed by atoms with Crippen LogP contribution in [-0.4, -0.2) is 38.7 Å². The van der Waals surface area contributed by atoms with Crippen LogP contribution in [-0.2, 0) is 4.79 Å². The molecule has 0 saturated heterocycles. The largest absolute Gasteiger partial charge is 0.484 e. The lowest BCUT2D eigenvalue weighted by Gasteiger charge is -2.13. The molecule has 37 heavy (non-hydrogen) atoms. The highest BCUT2D eigenvalue weighted by molar-refractivity contribution is 5.87. The number of H-pyrrole nitrogens is 1. The Labute approximate surface area is 213 Å². The Bertz CT molecular complexity index is 1510. The Morgan fingerprint density at radius 1 is 1.03 bits per heavy atom. The first-order valence-corrected chi connectivity index (χ1v) is 12.4. The maximum Gasteiger partial charge on any atom is 0.258 e. The van der Waals surface area contributed by atoms with Gasteiger partial charge in [0, 0.05) is 35.1 Å². The van der Waals surface area contributed by atoms with Crippen molar-refractivity contribution in [1.29, 1.82) is 0 Å². The van der Waals surface area contributed by atoms with Gasteiger partial charge in [0.2, 0.25) is 0 Å². The highest BCUT2D eigenvalue weighted by Gasteiger charge is 2.18. The number of amides is 1. The molecule has 9 nitrogen and oxygen atoms in total. The lowest BCUT2D eigenvalue weighted by atomic mass is 10.1. The number of nitrogens with zero attached hydrogens (tertiary/aromatic N) is 3. The van der Waals surface area contributed by atoms with Crippen molar-refractivity contribution in [3.8, 4) is 28.3 Å². The number of fused-ring (bicyclic) bond motifs is 1. The number of carbonyl (C=O) groups excluding carboxylic acids is 1. The van der Waals surface area contributed by atoms with Crippen LogP contribution in [0.5, 0.6) is 5.75 Å². The van der Waals surface area contributed by atoms with Crippen LogP contribution in [0, 0.1) is 0 Å². The first-order chi connectivity index (χ1) is 18.2. The van der Waals surface area contributed by atoms with Crippen molar-refractivity contribution in [3.05, 3.63) is 73.3 Å². The number of rotatable bonds is 8. The van der Waals surface area contributed by atoms with E-state index in [1.54, 1.807) is 18.5 Å². The summed E-state index contributed by atoms with van der Waals surface area (Å²) in [5.41, 5.74) is 4.96. The first kappa shape index (κ1) is 22.8. The average Bonchev–Trinajstić information content (AvgIpc) is 3.71. The molecule has 3 N–H and O–H groups in total. The highest BCUT2D eigenvalue weighted by atomic mass is 16.5. The number of nitrogens with one attached hydrogen (secondary N) is 3. The molecular weight excluding hydrogens is 468 g/mol. The average molecular weight is 495 g/mol. The van der Waals surface area contributed by atoms with Crippen LogP contribution in [0.1, 0.15) is 25.7 Å². The predicted octanol–water partition coefficient (Wildman–Crippen LogP) is 5.46. The summed E-state index contributed by atoms with van der Waals surface area (Å²) in [6.45, 7) is -0.0246. The molecule has 0 bridgehead atoms. The number of carbonyl (C=O) groups is 1.